The van der Waals surface area contributed by atoms with Crippen molar-refractivity contribution in [3.8, 4) is 16.3 Å². The van der Waals surface area contributed by atoms with Gasteiger partial charge in [-0.3, -0.25) is 4.98 Å². The maximum Gasteiger partial charge on any atom is 0.151 e. The summed E-state index contributed by atoms with van der Waals surface area (Å²) in [6, 6.07) is 12.8. The van der Waals surface area contributed by atoms with Crippen molar-refractivity contribution in [2.75, 3.05) is 31.1 Å². The summed E-state index contributed by atoms with van der Waals surface area (Å²) in [5.41, 5.74) is 4.05. The Labute approximate surface area is 217 Å². The normalized spacial score (nSPS) is 11.8. The molecule has 8 nitrogen and oxygen atoms in total. The number of benzene rings is 1. The fourth-order valence-corrected chi connectivity index (χ4v) is 5.13. The summed E-state index contributed by atoms with van der Waals surface area (Å²) in [6.07, 6.45) is 1.78. The molecule has 3 heterocycles. The van der Waals surface area contributed by atoms with Gasteiger partial charge in [0, 0.05) is 26.8 Å². The van der Waals surface area contributed by atoms with Crippen molar-refractivity contribution in [1.29, 1.82) is 0 Å². The lowest BCUT2D eigenvalue weighted by atomic mass is 10.2. The maximum atomic E-state index is 5.92. The number of pyridine rings is 2. The fraction of sp³-hybridized carbons (Fsp3) is 0.385. The van der Waals surface area contributed by atoms with Crippen molar-refractivity contribution < 1.29 is 9.47 Å². The highest BCUT2D eigenvalue weighted by molar-refractivity contribution is 7.14. The number of fused-ring (bicyclic) bond motifs is 1. The second-order valence-electron chi connectivity index (χ2n) is 10.1. The minimum Gasteiger partial charge on any atom is -0.495 e. The Balaban J connectivity index is 1.70. The van der Waals surface area contributed by atoms with Crippen LogP contribution in [0.15, 0.2) is 42.6 Å². The summed E-state index contributed by atoms with van der Waals surface area (Å²) in [5, 5.41) is 17.5. The Morgan fingerprint density at radius 3 is 2.58 bits per heavy atom. The van der Waals surface area contributed by atoms with E-state index in [2.05, 4.69) is 59.3 Å². The van der Waals surface area contributed by atoms with Gasteiger partial charge in [0.05, 0.1) is 29.6 Å². The zero-order chi connectivity index (χ0) is 25.7. The molecule has 0 bridgehead atoms. The molecule has 0 atom stereocenters. The van der Waals surface area contributed by atoms with Gasteiger partial charge in [0.25, 0.3) is 0 Å². The van der Waals surface area contributed by atoms with E-state index in [0.717, 1.165) is 56.4 Å². The summed E-state index contributed by atoms with van der Waals surface area (Å²) < 4.78 is 11.4. The molecule has 0 radical (unpaired) electrons. The summed E-state index contributed by atoms with van der Waals surface area (Å²) >= 11 is 1.58. The number of para-hydroxylation sites is 2. The molecular formula is C26H34N6O2SSi. The van der Waals surface area contributed by atoms with E-state index in [1.807, 2.05) is 36.4 Å². The molecule has 1 aromatic carbocycles. The number of methoxy groups -OCH3 is 1. The molecule has 0 unspecified atom stereocenters. The SMILES string of the molecule is COc1ccccc1Nc1ccnc2cc(-c3nnc(C(C)C)s3)c(NCOCC[Si](C)(C)C)nc12. The number of anilines is 3. The van der Waals surface area contributed by atoms with Crippen LogP contribution in [0.5, 0.6) is 5.75 Å². The number of aromatic nitrogens is 4. The molecule has 2 N–H and O–H groups in total. The van der Waals surface area contributed by atoms with Crippen molar-refractivity contribution in [3.63, 3.8) is 0 Å². The van der Waals surface area contributed by atoms with Crippen molar-refractivity contribution in [1.82, 2.24) is 20.2 Å². The van der Waals surface area contributed by atoms with Crippen molar-refractivity contribution in [2.45, 2.75) is 45.5 Å². The average molecular weight is 523 g/mol. The van der Waals surface area contributed by atoms with Crippen molar-refractivity contribution >= 4 is 47.6 Å². The maximum absolute atomic E-state index is 5.92. The fourth-order valence-electron chi connectivity index (χ4n) is 3.51. The average Bonchev–Trinajstić information content (AvgIpc) is 3.34. The number of ether oxygens (including phenoxy) is 2. The predicted molar refractivity (Wildman–Crippen MR) is 151 cm³/mol. The number of nitrogens with one attached hydrogen (secondary N) is 2. The van der Waals surface area contributed by atoms with Crippen LogP contribution in [0.1, 0.15) is 24.8 Å². The summed E-state index contributed by atoms with van der Waals surface area (Å²) in [5.74, 6) is 1.75. The van der Waals surface area contributed by atoms with Gasteiger partial charge in [0.15, 0.2) is 5.01 Å². The quantitative estimate of drug-likeness (QED) is 0.127. The van der Waals surface area contributed by atoms with Gasteiger partial charge < -0.3 is 20.1 Å². The van der Waals surface area contributed by atoms with E-state index in [9.17, 15) is 0 Å². The first kappa shape index (κ1) is 26.0. The molecule has 36 heavy (non-hydrogen) atoms. The molecule has 0 aliphatic carbocycles. The summed E-state index contributed by atoms with van der Waals surface area (Å²) in [7, 11) is 0.501. The molecule has 0 spiro atoms. The van der Waals surface area contributed by atoms with Crippen LogP contribution in [-0.2, 0) is 4.74 Å². The third kappa shape index (κ3) is 6.37. The van der Waals surface area contributed by atoms with Crippen LogP contribution in [0.3, 0.4) is 0 Å². The smallest absolute Gasteiger partial charge is 0.151 e. The van der Waals surface area contributed by atoms with Gasteiger partial charge in [-0.1, -0.05) is 57.0 Å². The molecule has 10 heteroatoms. The Morgan fingerprint density at radius 2 is 1.86 bits per heavy atom. The lowest BCUT2D eigenvalue weighted by Crippen LogP contribution is -2.22. The van der Waals surface area contributed by atoms with Gasteiger partial charge in [-0.2, -0.15) is 0 Å². The van der Waals surface area contributed by atoms with E-state index >= 15 is 0 Å². The molecule has 190 valence electrons. The molecule has 4 aromatic rings. The van der Waals surface area contributed by atoms with Gasteiger partial charge in [-0.25, -0.2) is 4.98 Å². The number of nitrogens with zero attached hydrogens (tertiary/aromatic N) is 4. The lowest BCUT2D eigenvalue weighted by Gasteiger charge is -2.17. The minimum absolute atomic E-state index is 0.306. The Bertz CT molecular complexity index is 1320. The monoisotopic (exact) mass is 522 g/mol. The number of hydrogen-bond acceptors (Lipinski definition) is 9. The highest BCUT2D eigenvalue weighted by Gasteiger charge is 2.18. The molecule has 0 fully saturated rings. The third-order valence-corrected chi connectivity index (χ3v) is 8.55. The predicted octanol–water partition coefficient (Wildman–Crippen LogP) is 6.75. The van der Waals surface area contributed by atoms with Crippen LogP contribution in [0, 0.1) is 0 Å². The Hall–Kier alpha value is -3.08. The Kier molecular flexibility index (Phi) is 8.17. The first-order valence-corrected chi connectivity index (χ1v) is 16.6. The molecule has 0 aliphatic rings. The zero-order valence-corrected chi connectivity index (χ0v) is 23.6. The van der Waals surface area contributed by atoms with Crippen LogP contribution in [0.2, 0.25) is 25.7 Å². The van der Waals surface area contributed by atoms with Crippen LogP contribution < -0.4 is 15.4 Å². The van der Waals surface area contributed by atoms with Crippen molar-refractivity contribution in [3.05, 3.63) is 47.6 Å². The molecule has 0 aliphatic heterocycles. The first-order chi connectivity index (χ1) is 17.2. The molecular weight excluding hydrogens is 488 g/mol. The van der Waals surface area contributed by atoms with E-state index < -0.39 is 8.07 Å². The second-order valence-corrected chi connectivity index (χ2v) is 16.7. The summed E-state index contributed by atoms with van der Waals surface area (Å²) in [6.45, 7) is 12.4. The van der Waals surface area contributed by atoms with Gasteiger partial charge in [-0.05, 0) is 30.3 Å². The van der Waals surface area contributed by atoms with Crippen molar-refractivity contribution in [2.24, 2.45) is 0 Å². The molecule has 0 saturated carbocycles. The number of rotatable bonds is 11. The Morgan fingerprint density at radius 1 is 1.06 bits per heavy atom. The first-order valence-electron chi connectivity index (χ1n) is 12.1. The zero-order valence-electron chi connectivity index (χ0n) is 21.8. The lowest BCUT2D eigenvalue weighted by molar-refractivity contribution is 0.165. The largest absolute Gasteiger partial charge is 0.495 e. The topological polar surface area (TPSA) is 94.1 Å². The standard InChI is InChI=1S/C26H34N6O2SSi/c1-17(2)25-31-32-26(35-25)18-15-21-23(30-24(18)28-16-34-13-14-36(4,5)6)20(11-12-27-21)29-19-9-7-8-10-22(19)33-3/h7-12,15,17H,13-14,16H2,1-6H3,(H,27,29)(H,28,30). The van der Waals surface area contributed by atoms with Gasteiger partial charge in [0.2, 0.25) is 0 Å². The van der Waals surface area contributed by atoms with Crippen LogP contribution in [0.4, 0.5) is 17.2 Å². The van der Waals surface area contributed by atoms with Gasteiger partial charge in [0.1, 0.15) is 28.8 Å². The third-order valence-electron chi connectivity index (χ3n) is 5.59. The highest BCUT2D eigenvalue weighted by Crippen LogP contribution is 2.36. The number of hydrogen-bond donors (Lipinski definition) is 2. The minimum atomic E-state index is -1.16. The van der Waals surface area contributed by atoms with Crippen LogP contribution in [-0.4, -0.2) is 48.7 Å². The van der Waals surface area contributed by atoms with E-state index in [0.29, 0.717) is 18.5 Å². The van der Waals surface area contributed by atoms with Gasteiger partial charge in [-0.15, -0.1) is 10.2 Å². The molecule has 3 aromatic heterocycles. The van der Waals surface area contributed by atoms with E-state index in [-0.39, 0.29) is 0 Å². The van der Waals surface area contributed by atoms with Crippen LogP contribution >= 0.6 is 11.3 Å². The molecule has 0 amide bonds. The second kappa shape index (κ2) is 11.3. The highest BCUT2D eigenvalue weighted by atomic mass is 32.1. The van der Waals surface area contributed by atoms with E-state index in [4.69, 9.17) is 14.5 Å². The molecule has 4 rings (SSSR count). The summed E-state index contributed by atoms with van der Waals surface area (Å²) in [4.78, 5) is 9.59. The van der Waals surface area contributed by atoms with E-state index in [1.165, 1.54) is 0 Å². The van der Waals surface area contributed by atoms with Crippen LogP contribution in [0.25, 0.3) is 21.6 Å². The van der Waals surface area contributed by atoms with Gasteiger partial charge >= 0.3 is 0 Å². The van der Waals surface area contributed by atoms with E-state index in [1.54, 1.807) is 24.6 Å². The molecule has 0 saturated heterocycles.